The minimum Gasteiger partial charge on any atom is -0.493 e. The van der Waals surface area contributed by atoms with Gasteiger partial charge in [-0.3, -0.25) is 0 Å². The van der Waals surface area contributed by atoms with E-state index in [4.69, 9.17) is 28.4 Å². The number of aliphatic hydroxyl groups excluding tert-OH is 1. The molecule has 0 unspecified atom stereocenters. The normalized spacial score (nSPS) is 18.8. The fraction of sp³-hybridized carbons (Fsp3) is 0.478. The van der Waals surface area contributed by atoms with E-state index in [-0.39, 0.29) is 11.8 Å². The topological polar surface area (TPSA) is 75.6 Å². The van der Waals surface area contributed by atoms with Crippen LogP contribution >= 0.6 is 0 Å². The van der Waals surface area contributed by atoms with Gasteiger partial charge in [-0.25, -0.2) is 0 Å². The Labute approximate surface area is 177 Å². The Bertz CT molecular complexity index is 758. The first-order valence-corrected chi connectivity index (χ1v) is 9.80. The van der Waals surface area contributed by atoms with Crippen LogP contribution in [-0.2, 0) is 0 Å². The number of ether oxygens (including phenoxy) is 6. The molecule has 0 saturated heterocycles. The minimum absolute atomic E-state index is 0.0669. The smallest absolute Gasteiger partial charge is 0.203 e. The van der Waals surface area contributed by atoms with Gasteiger partial charge >= 0.3 is 0 Å². The lowest BCUT2D eigenvalue weighted by atomic mass is 9.89. The molecule has 0 aromatic heterocycles. The lowest BCUT2D eigenvalue weighted by molar-refractivity contribution is 0.145. The molecular formula is C23H30O7. The largest absolute Gasteiger partial charge is 0.493 e. The monoisotopic (exact) mass is 418 g/mol. The van der Waals surface area contributed by atoms with Crippen LogP contribution in [0.2, 0.25) is 0 Å². The molecule has 164 valence electrons. The van der Waals surface area contributed by atoms with E-state index >= 15 is 0 Å². The molecule has 0 amide bonds. The Hall–Kier alpha value is -2.80. The second kappa shape index (κ2) is 9.34. The molecule has 7 heteroatoms. The predicted molar refractivity (Wildman–Crippen MR) is 113 cm³/mol. The molecule has 2 atom stereocenters. The highest BCUT2D eigenvalue weighted by Crippen LogP contribution is 2.50. The Balaban J connectivity index is 1.96. The lowest BCUT2D eigenvalue weighted by Gasteiger charge is -2.23. The zero-order chi connectivity index (χ0) is 21.8. The van der Waals surface area contributed by atoms with Crippen LogP contribution in [0, 0.1) is 0 Å². The zero-order valence-electron chi connectivity index (χ0n) is 18.4. The molecule has 0 aliphatic heterocycles. The van der Waals surface area contributed by atoms with Gasteiger partial charge in [0.1, 0.15) is 0 Å². The van der Waals surface area contributed by atoms with Crippen LogP contribution in [0.25, 0.3) is 0 Å². The van der Waals surface area contributed by atoms with Gasteiger partial charge in [0, 0.05) is 11.8 Å². The Morgan fingerprint density at radius 3 is 1.10 bits per heavy atom. The first-order chi connectivity index (χ1) is 14.5. The molecule has 0 spiro atoms. The number of benzene rings is 2. The van der Waals surface area contributed by atoms with E-state index in [0.29, 0.717) is 34.5 Å². The Morgan fingerprint density at radius 1 is 0.567 bits per heavy atom. The molecule has 30 heavy (non-hydrogen) atoms. The third-order valence-corrected chi connectivity index (χ3v) is 5.84. The predicted octanol–water partition coefficient (Wildman–Crippen LogP) is 3.76. The molecule has 1 saturated carbocycles. The highest BCUT2D eigenvalue weighted by molar-refractivity contribution is 5.56. The SMILES string of the molecule is COc1cc([C@@H]2CC[C@@H](c3cc(OC)c(OC)c(OC)c3)C2O)cc(OC)c1OC. The van der Waals surface area contributed by atoms with Crippen molar-refractivity contribution in [2.24, 2.45) is 0 Å². The van der Waals surface area contributed by atoms with E-state index < -0.39 is 6.10 Å². The fourth-order valence-electron chi connectivity index (χ4n) is 4.34. The molecule has 0 bridgehead atoms. The Kier molecular flexibility index (Phi) is 6.82. The second-order valence-electron chi connectivity index (χ2n) is 7.20. The highest BCUT2D eigenvalue weighted by atomic mass is 16.5. The van der Waals surface area contributed by atoms with E-state index in [9.17, 15) is 5.11 Å². The fourth-order valence-corrected chi connectivity index (χ4v) is 4.34. The summed E-state index contributed by atoms with van der Waals surface area (Å²) in [6.07, 6.45) is 1.05. The van der Waals surface area contributed by atoms with Crippen LogP contribution in [0.15, 0.2) is 24.3 Å². The van der Waals surface area contributed by atoms with E-state index in [1.165, 1.54) is 0 Å². The van der Waals surface area contributed by atoms with Crippen molar-refractivity contribution in [2.45, 2.75) is 30.8 Å². The number of rotatable bonds is 8. The maximum atomic E-state index is 11.2. The quantitative estimate of drug-likeness (QED) is 0.700. The number of aliphatic hydroxyl groups is 1. The molecule has 0 radical (unpaired) electrons. The van der Waals surface area contributed by atoms with Gasteiger partial charge in [-0.2, -0.15) is 0 Å². The van der Waals surface area contributed by atoms with Gasteiger partial charge in [0.2, 0.25) is 11.5 Å². The Morgan fingerprint density at radius 2 is 0.867 bits per heavy atom. The van der Waals surface area contributed by atoms with Gasteiger partial charge in [0.25, 0.3) is 0 Å². The summed E-state index contributed by atoms with van der Waals surface area (Å²) < 4.78 is 32.7. The van der Waals surface area contributed by atoms with Gasteiger partial charge in [0.05, 0.1) is 48.8 Å². The van der Waals surface area contributed by atoms with Crippen LogP contribution in [0.1, 0.15) is 35.8 Å². The summed E-state index contributed by atoms with van der Waals surface area (Å²) in [4.78, 5) is 0. The molecule has 1 N–H and O–H groups in total. The molecule has 3 rings (SSSR count). The standard InChI is InChI=1S/C23H30O7/c1-25-17-9-13(10-18(26-2)22(17)29-5)15-7-8-16(21(15)24)14-11-19(27-3)23(30-6)20(12-14)28-4/h9-12,15-16,21,24H,7-8H2,1-6H3/t15-,16-/m0/s1. The minimum atomic E-state index is -0.587. The molecule has 1 fully saturated rings. The summed E-state index contributed by atoms with van der Waals surface area (Å²) in [7, 11) is 9.50. The summed E-state index contributed by atoms with van der Waals surface area (Å²) in [5.41, 5.74) is 1.90. The molecule has 0 heterocycles. The van der Waals surface area contributed by atoms with Gasteiger partial charge < -0.3 is 33.5 Å². The van der Waals surface area contributed by atoms with E-state index in [2.05, 4.69) is 0 Å². The van der Waals surface area contributed by atoms with Crippen LogP contribution in [0.5, 0.6) is 34.5 Å². The van der Waals surface area contributed by atoms with Crippen molar-refractivity contribution in [2.75, 3.05) is 42.7 Å². The van der Waals surface area contributed by atoms with Crippen molar-refractivity contribution in [3.05, 3.63) is 35.4 Å². The molecule has 1 aliphatic rings. The van der Waals surface area contributed by atoms with Gasteiger partial charge in [-0.05, 0) is 48.2 Å². The number of methoxy groups -OCH3 is 6. The highest BCUT2D eigenvalue weighted by Gasteiger charge is 2.38. The first kappa shape index (κ1) is 21.9. The van der Waals surface area contributed by atoms with Gasteiger partial charge in [-0.15, -0.1) is 0 Å². The van der Waals surface area contributed by atoms with Crippen molar-refractivity contribution >= 4 is 0 Å². The number of hydrogen-bond donors (Lipinski definition) is 1. The molecule has 2 aromatic rings. The van der Waals surface area contributed by atoms with Crippen LogP contribution < -0.4 is 28.4 Å². The summed E-state index contributed by atoms with van der Waals surface area (Å²) in [5.74, 6) is 3.26. The molecular weight excluding hydrogens is 388 g/mol. The zero-order valence-corrected chi connectivity index (χ0v) is 18.4. The van der Waals surface area contributed by atoms with Crippen molar-refractivity contribution < 1.29 is 33.5 Å². The summed E-state index contributed by atoms with van der Waals surface area (Å²) in [6.45, 7) is 0. The van der Waals surface area contributed by atoms with Crippen molar-refractivity contribution in [1.82, 2.24) is 0 Å². The average Bonchev–Trinajstić information content (AvgIpc) is 3.17. The third kappa shape index (κ3) is 3.81. The molecule has 2 aromatic carbocycles. The van der Waals surface area contributed by atoms with Crippen LogP contribution in [-0.4, -0.2) is 53.9 Å². The molecule has 7 nitrogen and oxygen atoms in total. The van der Waals surface area contributed by atoms with E-state index in [0.717, 1.165) is 24.0 Å². The van der Waals surface area contributed by atoms with E-state index in [1.807, 2.05) is 24.3 Å². The van der Waals surface area contributed by atoms with Gasteiger partial charge in [0.15, 0.2) is 23.0 Å². The van der Waals surface area contributed by atoms with Crippen LogP contribution in [0.3, 0.4) is 0 Å². The maximum Gasteiger partial charge on any atom is 0.203 e. The third-order valence-electron chi connectivity index (χ3n) is 5.84. The molecule has 1 aliphatic carbocycles. The van der Waals surface area contributed by atoms with Crippen LogP contribution in [0.4, 0.5) is 0 Å². The van der Waals surface area contributed by atoms with E-state index in [1.54, 1.807) is 42.7 Å². The second-order valence-corrected chi connectivity index (χ2v) is 7.20. The number of hydrogen-bond acceptors (Lipinski definition) is 7. The average molecular weight is 418 g/mol. The first-order valence-electron chi connectivity index (χ1n) is 9.80. The van der Waals surface area contributed by atoms with Gasteiger partial charge in [-0.1, -0.05) is 0 Å². The summed E-state index contributed by atoms with van der Waals surface area (Å²) in [6, 6.07) is 7.64. The summed E-state index contributed by atoms with van der Waals surface area (Å²) >= 11 is 0. The van der Waals surface area contributed by atoms with Crippen molar-refractivity contribution in [3.63, 3.8) is 0 Å². The summed E-state index contributed by atoms with van der Waals surface area (Å²) in [5, 5.41) is 11.2. The van der Waals surface area contributed by atoms with Crippen molar-refractivity contribution in [1.29, 1.82) is 0 Å². The van der Waals surface area contributed by atoms with Crippen molar-refractivity contribution in [3.8, 4) is 34.5 Å². The maximum absolute atomic E-state index is 11.2. The lowest BCUT2D eigenvalue weighted by Crippen LogP contribution is -2.19.